The minimum atomic E-state index is -1.01. The molecule has 7 nitrogen and oxygen atoms in total. The van der Waals surface area contributed by atoms with Crippen LogP contribution in [0.15, 0.2) is 42.5 Å². The van der Waals surface area contributed by atoms with Crippen molar-refractivity contribution in [1.82, 2.24) is 5.32 Å². The largest absolute Gasteiger partial charge is 0.462 e. The number of carbonyl (C=O) groups is 1. The quantitative estimate of drug-likeness (QED) is 0.837. The second-order valence-electron chi connectivity index (χ2n) is 7.65. The smallest absolute Gasteiger partial charge is 0.223 e. The lowest BCUT2D eigenvalue weighted by atomic mass is 9.95. The van der Waals surface area contributed by atoms with E-state index in [1.165, 1.54) is 6.92 Å². The Labute approximate surface area is 163 Å². The summed E-state index contributed by atoms with van der Waals surface area (Å²) in [6.07, 6.45) is -3.04. The van der Waals surface area contributed by atoms with Gasteiger partial charge in [-0.2, -0.15) is 0 Å². The molecule has 7 heteroatoms. The normalized spacial score (nSPS) is 31.8. The van der Waals surface area contributed by atoms with Crippen LogP contribution in [0.3, 0.4) is 0 Å². The number of aliphatic hydroxyl groups is 1. The first-order chi connectivity index (χ1) is 13.3. The van der Waals surface area contributed by atoms with E-state index in [0.29, 0.717) is 5.75 Å². The van der Waals surface area contributed by atoms with Crippen molar-refractivity contribution >= 4 is 16.7 Å². The van der Waals surface area contributed by atoms with Crippen LogP contribution in [0, 0.1) is 0 Å². The predicted octanol–water partition coefficient (Wildman–Crippen LogP) is 1.96. The number of ether oxygens (including phenoxy) is 4. The fraction of sp³-hybridized carbons (Fsp3) is 0.476. The third-order valence-corrected chi connectivity index (χ3v) is 5.05. The number of rotatable bonds is 3. The molecular weight excluding hydrogens is 362 g/mol. The maximum Gasteiger partial charge on any atom is 0.223 e. The van der Waals surface area contributed by atoms with Crippen LogP contribution in [0.4, 0.5) is 0 Å². The van der Waals surface area contributed by atoms with Gasteiger partial charge in [0, 0.05) is 12.3 Å². The molecule has 2 heterocycles. The second-order valence-corrected chi connectivity index (χ2v) is 7.65. The Morgan fingerprint density at radius 1 is 1.21 bits per heavy atom. The third-order valence-electron chi connectivity index (χ3n) is 5.05. The van der Waals surface area contributed by atoms with E-state index in [1.807, 2.05) is 42.5 Å². The zero-order chi connectivity index (χ0) is 19.9. The zero-order valence-corrected chi connectivity index (χ0v) is 16.1. The lowest BCUT2D eigenvalue weighted by Crippen LogP contribution is -2.69. The van der Waals surface area contributed by atoms with Gasteiger partial charge in [0.25, 0.3) is 0 Å². The first kappa shape index (κ1) is 19.1. The van der Waals surface area contributed by atoms with Gasteiger partial charge in [0.2, 0.25) is 12.2 Å². The lowest BCUT2D eigenvalue weighted by Gasteiger charge is -2.49. The number of aliphatic hydroxyl groups excluding tert-OH is 1. The molecule has 2 aliphatic heterocycles. The van der Waals surface area contributed by atoms with Gasteiger partial charge in [-0.15, -0.1) is 0 Å². The highest BCUT2D eigenvalue weighted by Crippen LogP contribution is 2.34. The summed E-state index contributed by atoms with van der Waals surface area (Å²) in [5.74, 6) is -0.513. The van der Waals surface area contributed by atoms with Gasteiger partial charge in [0.1, 0.15) is 30.1 Å². The zero-order valence-electron chi connectivity index (χ0n) is 16.1. The molecule has 4 rings (SSSR count). The van der Waals surface area contributed by atoms with Crippen molar-refractivity contribution in [2.75, 3.05) is 6.61 Å². The van der Waals surface area contributed by atoms with Gasteiger partial charge in [0.15, 0.2) is 5.79 Å². The molecule has 0 aromatic heterocycles. The monoisotopic (exact) mass is 387 g/mol. The molecule has 2 aromatic carbocycles. The highest BCUT2D eigenvalue weighted by atomic mass is 16.8. The average molecular weight is 387 g/mol. The second kappa shape index (κ2) is 7.33. The van der Waals surface area contributed by atoms with Crippen LogP contribution in [0.5, 0.6) is 5.75 Å². The molecule has 0 unspecified atom stereocenters. The van der Waals surface area contributed by atoms with Crippen molar-refractivity contribution in [3.8, 4) is 5.75 Å². The van der Waals surface area contributed by atoms with Crippen LogP contribution in [0.1, 0.15) is 20.8 Å². The molecule has 28 heavy (non-hydrogen) atoms. The van der Waals surface area contributed by atoms with E-state index in [0.717, 1.165) is 10.8 Å². The Kier molecular flexibility index (Phi) is 5.01. The minimum Gasteiger partial charge on any atom is -0.462 e. The number of hydrogen-bond acceptors (Lipinski definition) is 6. The van der Waals surface area contributed by atoms with E-state index in [4.69, 9.17) is 18.9 Å². The fourth-order valence-electron chi connectivity index (χ4n) is 3.76. The summed E-state index contributed by atoms with van der Waals surface area (Å²) in [6.45, 7) is 5.21. The summed E-state index contributed by atoms with van der Waals surface area (Å²) in [5.41, 5.74) is 0. The molecule has 0 spiro atoms. The van der Waals surface area contributed by atoms with Crippen molar-refractivity contribution in [3.63, 3.8) is 0 Å². The van der Waals surface area contributed by atoms with Gasteiger partial charge in [-0.05, 0) is 25.3 Å². The van der Waals surface area contributed by atoms with Crippen molar-refractivity contribution < 1.29 is 28.8 Å². The maximum absolute atomic E-state index is 11.8. The Hall–Kier alpha value is -2.19. The summed E-state index contributed by atoms with van der Waals surface area (Å²) in [7, 11) is 0. The van der Waals surface area contributed by atoms with E-state index in [1.54, 1.807) is 13.8 Å². The summed E-state index contributed by atoms with van der Waals surface area (Å²) in [5, 5.41) is 15.6. The van der Waals surface area contributed by atoms with Gasteiger partial charge >= 0.3 is 0 Å². The molecule has 2 N–H and O–H groups in total. The van der Waals surface area contributed by atoms with Gasteiger partial charge in [0.05, 0.1) is 6.61 Å². The highest BCUT2D eigenvalue weighted by Gasteiger charge is 2.52. The van der Waals surface area contributed by atoms with Gasteiger partial charge in [-0.3, -0.25) is 4.79 Å². The average Bonchev–Trinajstić information content (AvgIpc) is 2.65. The minimum absolute atomic E-state index is 0.261. The fourth-order valence-corrected chi connectivity index (χ4v) is 3.76. The molecule has 0 aliphatic carbocycles. The van der Waals surface area contributed by atoms with E-state index in [9.17, 15) is 9.90 Å². The Morgan fingerprint density at radius 3 is 2.75 bits per heavy atom. The lowest BCUT2D eigenvalue weighted by molar-refractivity contribution is -0.361. The highest BCUT2D eigenvalue weighted by molar-refractivity contribution is 5.88. The number of carbonyl (C=O) groups excluding carboxylic acids is 1. The van der Waals surface area contributed by atoms with Crippen LogP contribution >= 0.6 is 0 Å². The molecule has 2 aromatic rings. The van der Waals surface area contributed by atoms with Crippen LogP contribution in [0.2, 0.25) is 0 Å². The van der Waals surface area contributed by atoms with E-state index >= 15 is 0 Å². The molecule has 5 atom stereocenters. The van der Waals surface area contributed by atoms with Crippen molar-refractivity contribution in [2.45, 2.75) is 57.2 Å². The van der Waals surface area contributed by atoms with Crippen molar-refractivity contribution in [2.24, 2.45) is 0 Å². The summed E-state index contributed by atoms with van der Waals surface area (Å²) >= 11 is 0. The van der Waals surface area contributed by atoms with Gasteiger partial charge in [-0.1, -0.05) is 36.4 Å². The number of amides is 1. The van der Waals surface area contributed by atoms with Crippen molar-refractivity contribution in [1.29, 1.82) is 0 Å². The Balaban J connectivity index is 1.63. The molecular formula is C21H25NO6. The summed E-state index contributed by atoms with van der Waals surface area (Å²) in [4.78, 5) is 11.8. The SMILES string of the molecule is CC(=O)N[C@H]1[C@@H](Oc2cccc3ccccc23)O[C@@H]2COC(C)(C)O[C@@H]2[C@H]1O. The topological polar surface area (TPSA) is 86.3 Å². The van der Waals surface area contributed by atoms with Gasteiger partial charge in [-0.25, -0.2) is 0 Å². The first-order valence-corrected chi connectivity index (χ1v) is 9.41. The molecule has 0 saturated carbocycles. The van der Waals surface area contributed by atoms with Crippen LogP contribution in [0.25, 0.3) is 10.8 Å². The maximum atomic E-state index is 11.8. The Bertz CT molecular complexity index is 864. The first-order valence-electron chi connectivity index (χ1n) is 9.41. The molecule has 0 bridgehead atoms. The molecule has 0 radical (unpaired) electrons. The standard InChI is InChI=1S/C21H25NO6/c1-12(23)22-17-18(24)19-16(11-25-21(2,3)28-19)27-20(17)26-15-10-6-8-13-7-4-5-9-14(13)15/h4-10,16-20,24H,11H2,1-3H3,(H,22,23)/t16-,17-,18+,19+,20+/m1/s1. The third kappa shape index (κ3) is 3.71. The van der Waals surface area contributed by atoms with Crippen LogP contribution < -0.4 is 10.1 Å². The van der Waals surface area contributed by atoms with E-state index in [-0.39, 0.29) is 12.5 Å². The number of hydrogen-bond donors (Lipinski definition) is 2. The molecule has 2 aliphatic rings. The molecule has 150 valence electrons. The van der Waals surface area contributed by atoms with Gasteiger partial charge < -0.3 is 29.4 Å². The summed E-state index contributed by atoms with van der Waals surface area (Å²) in [6, 6.07) is 12.8. The van der Waals surface area contributed by atoms with E-state index < -0.39 is 36.4 Å². The summed E-state index contributed by atoms with van der Waals surface area (Å²) < 4.78 is 23.8. The molecule has 2 fully saturated rings. The number of nitrogens with one attached hydrogen (secondary N) is 1. The number of benzene rings is 2. The molecule has 1 amide bonds. The number of fused-ring (bicyclic) bond motifs is 2. The van der Waals surface area contributed by atoms with Crippen molar-refractivity contribution in [3.05, 3.63) is 42.5 Å². The van der Waals surface area contributed by atoms with Crippen LogP contribution in [-0.2, 0) is 19.0 Å². The van der Waals surface area contributed by atoms with E-state index in [2.05, 4.69) is 5.32 Å². The molecule has 2 saturated heterocycles. The predicted molar refractivity (Wildman–Crippen MR) is 102 cm³/mol. The van der Waals surface area contributed by atoms with Crippen LogP contribution in [-0.4, -0.2) is 54.1 Å². The Morgan fingerprint density at radius 2 is 1.96 bits per heavy atom.